The molecular weight excluding hydrogens is 254 g/mol. The number of halogens is 1. The Hall–Kier alpha value is -0.350. The molecule has 1 aromatic heterocycles. The van der Waals surface area contributed by atoms with Crippen LogP contribution in [0.4, 0.5) is 0 Å². The Morgan fingerprint density at radius 3 is 2.87 bits per heavy atom. The minimum Gasteiger partial charge on any atom is -0.315 e. The maximum absolute atomic E-state index is 4.19. The summed E-state index contributed by atoms with van der Waals surface area (Å²) in [6, 6.07) is 0. The fraction of sp³-hybridized carbons (Fsp3) is 0.727. The van der Waals surface area contributed by atoms with Crippen LogP contribution in [0.5, 0.6) is 0 Å². The zero-order valence-electron chi connectivity index (χ0n) is 9.54. The van der Waals surface area contributed by atoms with E-state index >= 15 is 0 Å². The Balaban J connectivity index is 1.98. The van der Waals surface area contributed by atoms with Gasteiger partial charge in [0.1, 0.15) is 0 Å². The van der Waals surface area contributed by atoms with Crippen LogP contribution in [0, 0.1) is 5.92 Å². The predicted molar refractivity (Wildman–Crippen MR) is 66.9 cm³/mol. The Kier molecular flexibility index (Phi) is 5.95. The molecule has 0 aliphatic heterocycles. The monoisotopic (exact) mass is 273 g/mol. The fourth-order valence-corrected chi connectivity index (χ4v) is 1.74. The summed E-state index contributed by atoms with van der Waals surface area (Å²) in [4.78, 5) is 0. The average molecular weight is 274 g/mol. The standard InChI is InChI=1S/C11H20BrN3/c1-10(2)4-3-5-13-6-7-15-9-11(12)8-14-15/h8-10,13H,3-7H2,1-2H3. The Morgan fingerprint density at radius 1 is 1.47 bits per heavy atom. The van der Waals surface area contributed by atoms with E-state index in [1.165, 1.54) is 12.8 Å². The number of nitrogens with zero attached hydrogens (tertiary/aromatic N) is 2. The molecule has 0 atom stereocenters. The first kappa shape index (κ1) is 12.7. The highest BCUT2D eigenvalue weighted by Crippen LogP contribution is 2.05. The van der Waals surface area contributed by atoms with Crippen LogP contribution >= 0.6 is 15.9 Å². The average Bonchev–Trinajstić information content (AvgIpc) is 2.57. The van der Waals surface area contributed by atoms with E-state index in [1.54, 1.807) is 0 Å². The molecule has 4 heteroatoms. The van der Waals surface area contributed by atoms with E-state index in [1.807, 2.05) is 17.1 Å². The van der Waals surface area contributed by atoms with Gasteiger partial charge in [-0.1, -0.05) is 13.8 Å². The van der Waals surface area contributed by atoms with E-state index in [0.717, 1.165) is 30.0 Å². The molecule has 0 aliphatic rings. The highest BCUT2D eigenvalue weighted by Gasteiger charge is 1.95. The quantitative estimate of drug-likeness (QED) is 0.775. The van der Waals surface area contributed by atoms with Gasteiger partial charge >= 0.3 is 0 Å². The van der Waals surface area contributed by atoms with Gasteiger partial charge in [-0.15, -0.1) is 0 Å². The van der Waals surface area contributed by atoms with Crippen molar-refractivity contribution in [3.8, 4) is 0 Å². The van der Waals surface area contributed by atoms with Crippen molar-refractivity contribution in [1.29, 1.82) is 0 Å². The van der Waals surface area contributed by atoms with Crippen LogP contribution in [-0.2, 0) is 6.54 Å². The molecule has 1 heterocycles. The second kappa shape index (κ2) is 7.01. The maximum atomic E-state index is 4.19. The topological polar surface area (TPSA) is 29.9 Å². The number of aromatic nitrogens is 2. The Labute approximate surface area is 100 Å². The lowest BCUT2D eigenvalue weighted by Gasteiger charge is -2.06. The van der Waals surface area contributed by atoms with Gasteiger partial charge in [0.25, 0.3) is 0 Å². The largest absolute Gasteiger partial charge is 0.315 e. The summed E-state index contributed by atoms with van der Waals surface area (Å²) in [6.45, 7) is 7.57. The van der Waals surface area contributed by atoms with Crippen molar-refractivity contribution in [1.82, 2.24) is 15.1 Å². The van der Waals surface area contributed by atoms with E-state index in [0.29, 0.717) is 0 Å². The van der Waals surface area contributed by atoms with E-state index in [-0.39, 0.29) is 0 Å². The van der Waals surface area contributed by atoms with Crippen molar-refractivity contribution in [3.05, 3.63) is 16.9 Å². The van der Waals surface area contributed by atoms with Crippen LogP contribution in [-0.4, -0.2) is 22.9 Å². The van der Waals surface area contributed by atoms with E-state index in [2.05, 4.69) is 40.2 Å². The van der Waals surface area contributed by atoms with E-state index < -0.39 is 0 Å². The highest BCUT2D eigenvalue weighted by molar-refractivity contribution is 9.10. The zero-order chi connectivity index (χ0) is 11.1. The minimum absolute atomic E-state index is 0.814. The molecule has 15 heavy (non-hydrogen) atoms. The number of rotatable bonds is 7. The molecule has 0 aliphatic carbocycles. The first-order chi connectivity index (χ1) is 7.18. The van der Waals surface area contributed by atoms with Crippen LogP contribution in [0.2, 0.25) is 0 Å². The van der Waals surface area contributed by atoms with Crippen LogP contribution < -0.4 is 5.32 Å². The molecule has 1 rings (SSSR count). The van der Waals surface area contributed by atoms with Crippen molar-refractivity contribution >= 4 is 15.9 Å². The van der Waals surface area contributed by atoms with Gasteiger partial charge in [-0.05, 0) is 41.2 Å². The third-order valence-corrected chi connectivity index (χ3v) is 2.66. The second-order valence-electron chi connectivity index (χ2n) is 4.21. The summed E-state index contributed by atoms with van der Waals surface area (Å²) in [5.41, 5.74) is 0. The van der Waals surface area contributed by atoms with Crippen molar-refractivity contribution in [3.63, 3.8) is 0 Å². The van der Waals surface area contributed by atoms with Crippen molar-refractivity contribution in [2.45, 2.75) is 33.2 Å². The first-order valence-electron chi connectivity index (χ1n) is 5.57. The molecule has 0 saturated carbocycles. The molecule has 0 unspecified atom stereocenters. The van der Waals surface area contributed by atoms with Gasteiger partial charge in [0.05, 0.1) is 17.2 Å². The van der Waals surface area contributed by atoms with Crippen molar-refractivity contribution in [2.75, 3.05) is 13.1 Å². The van der Waals surface area contributed by atoms with Crippen LogP contribution in [0.25, 0.3) is 0 Å². The number of nitrogens with one attached hydrogen (secondary N) is 1. The summed E-state index contributed by atoms with van der Waals surface area (Å²) in [7, 11) is 0. The van der Waals surface area contributed by atoms with E-state index in [4.69, 9.17) is 0 Å². The molecule has 0 saturated heterocycles. The molecule has 1 aromatic rings. The van der Waals surface area contributed by atoms with Gasteiger partial charge in [-0.25, -0.2) is 0 Å². The zero-order valence-corrected chi connectivity index (χ0v) is 11.1. The molecule has 0 radical (unpaired) electrons. The van der Waals surface area contributed by atoms with Gasteiger partial charge in [0.15, 0.2) is 0 Å². The van der Waals surface area contributed by atoms with Crippen LogP contribution in [0.3, 0.4) is 0 Å². The van der Waals surface area contributed by atoms with Crippen LogP contribution in [0.15, 0.2) is 16.9 Å². The molecule has 0 bridgehead atoms. The molecule has 0 fully saturated rings. The Morgan fingerprint density at radius 2 is 2.27 bits per heavy atom. The summed E-state index contributed by atoms with van der Waals surface area (Å²) in [5, 5.41) is 7.61. The first-order valence-corrected chi connectivity index (χ1v) is 6.36. The summed E-state index contributed by atoms with van der Waals surface area (Å²) in [5.74, 6) is 0.814. The van der Waals surface area contributed by atoms with Gasteiger partial charge in [-0.3, -0.25) is 4.68 Å². The molecule has 3 nitrogen and oxygen atoms in total. The van der Waals surface area contributed by atoms with Gasteiger partial charge < -0.3 is 5.32 Å². The Bertz CT molecular complexity index is 271. The van der Waals surface area contributed by atoms with Gasteiger partial charge in [-0.2, -0.15) is 5.10 Å². The van der Waals surface area contributed by atoms with Crippen LogP contribution in [0.1, 0.15) is 26.7 Å². The normalized spacial score (nSPS) is 11.2. The molecule has 0 aromatic carbocycles. The van der Waals surface area contributed by atoms with Gasteiger partial charge in [0, 0.05) is 12.7 Å². The van der Waals surface area contributed by atoms with Crippen molar-refractivity contribution in [2.24, 2.45) is 5.92 Å². The lowest BCUT2D eigenvalue weighted by molar-refractivity contribution is 0.504. The lowest BCUT2D eigenvalue weighted by Crippen LogP contribution is -2.21. The van der Waals surface area contributed by atoms with Gasteiger partial charge in [0.2, 0.25) is 0 Å². The smallest absolute Gasteiger partial charge is 0.0632 e. The second-order valence-corrected chi connectivity index (χ2v) is 5.12. The summed E-state index contributed by atoms with van der Waals surface area (Å²) < 4.78 is 2.99. The summed E-state index contributed by atoms with van der Waals surface area (Å²) >= 11 is 3.38. The third-order valence-electron chi connectivity index (χ3n) is 2.25. The number of hydrogen-bond donors (Lipinski definition) is 1. The fourth-order valence-electron chi connectivity index (χ4n) is 1.41. The molecular formula is C11H20BrN3. The van der Waals surface area contributed by atoms with E-state index in [9.17, 15) is 0 Å². The molecule has 86 valence electrons. The number of hydrogen-bond acceptors (Lipinski definition) is 2. The van der Waals surface area contributed by atoms with Crippen molar-refractivity contribution < 1.29 is 0 Å². The SMILES string of the molecule is CC(C)CCCNCCn1cc(Br)cn1. The summed E-state index contributed by atoms with van der Waals surface area (Å²) in [6.07, 6.45) is 6.38. The molecule has 0 amide bonds. The predicted octanol–water partition coefficient (Wildman–Crippen LogP) is 2.67. The minimum atomic E-state index is 0.814. The maximum Gasteiger partial charge on any atom is 0.0632 e. The lowest BCUT2D eigenvalue weighted by atomic mass is 10.1. The highest BCUT2D eigenvalue weighted by atomic mass is 79.9. The third kappa shape index (κ3) is 5.95. The molecule has 1 N–H and O–H groups in total. The molecule has 0 spiro atoms.